The Morgan fingerprint density at radius 3 is 2.78 bits per heavy atom. The van der Waals surface area contributed by atoms with Gasteiger partial charge in [0.15, 0.2) is 5.88 Å². The molecule has 3 rings (SSSR count). The molecule has 0 radical (unpaired) electrons. The van der Waals surface area contributed by atoms with Crippen molar-refractivity contribution in [2.75, 3.05) is 5.32 Å². The lowest BCUT2D eigenvalue weighted by Gasteiger charge is -2.15. The summed E-state index contributed by atoms with van der Waals surface area (Å²) in [6.45, 7) is 4.16. The van der Waals surface area contributed by atoms with E-state index >= 15 is 0 Å². The molecule has 0 aliphatic rings. The highest BCUT2D eigenvalue weighted by atomic mass is 19.1. The Morgan fingerprint density at radius 2 is 2.04 bits per heavy atom. The number of aromatic hydroxyl groups is 1. The topological polar surface area (TPSA) is 60.4 Å². The summed E-state index contributed by atoms with van der Waals surface area (Å²) in [5, 5.41) is 13.8. The first-order valence-electron chi connectivity index (χ1n) is 9.08. The number of halogens is 2. The minimum atomic E-state index is -0.398. The minimum absolute atomic E-state index is 0.108. The van der Waals surface area contributed by atoms with Gasteiger partial charge in [0.25, 0.3) is 0 Å². The van der Waals surface area contributed by atoms with Crippen molar-refractivity contribution in [1.82, 2.24) is 4.98 Å². The molecule has 1 unspecified atom stereocenters. The van der Waals surface area contributed by atoms with Crippen LogP contribution in [0.25, 0.3) is 10.9 Å². The van der Waals surface area contributed by atoms with Crippen molar-refractivity contribution in [2.45, 2.75) is 39.2 Å². The highest BCUT2D eigenvalue weighted by Crippen LogP contribution is 2.28. The van der Waals surface area contributed by atoms with Gasteiger partial charge in [-0.3, -0.25) is 4.99 Å². The van der Waals surface area contributed by atoms with Gasteiger partial charge in [-0.25, -0.2) is 8.78 Å². The number of aromatic amines is 1. The van der Waals surface area contributed by atoms with Crippen molar-refractivity contribution < 1.29 is 13.9 Å². The first kappa shape index (κ1) is 18.9. The van der Waals surface area contributed by atoms with Gasteiger partial charge < -0.3 is 15.4 Å². The molecule has 3 N–H and O–H groups in total. The molecule has 0 amide bonds. The maximum Gasteiger partial charge on any atom is 0.198 e. The van der Waals surface area contributed by atoms with Crippen LogP contribution >= 0.6 is 0 Å². The lowest BCUT2D eigenvalue weighted by molar-refractivity contribution is 0.457. The summed E-state index contributed by atoms with van der Waals surface area (Å²) in [7, 11) is 0. The molecule has 4 nitrogen and oxygen atoms in total. The molecule has 1 atom stereocenters. The minimum Gasteiger partial charge on any atom is -0.494 e. The number of aliphatic imine (C=N–C) groups is 1. The third-order valence-electron chi connectivity index (χ3n) is 4.47. The number of aromatic nitrogens is 1. The van der Waals surface area contributed by atoms with E-state index in [-0.39, 0.29) is 17.7 Å². The van der Waals surface area contributed by atoms with Crippen molar-refractivity contribution in [3.05, 3.63) is 53.6 Å². The molecule has 0 fully saturated rings. The number of anilines is 1. The zero-order chi connectivity index (χ0) is 19.4. The maximum atomic E-state index is 14.3. The van der Waals surface area contributed by atoms with Crippen LogP contribution in [-0.4, -0.2) is 22.3 Å². The van der Waals surface area contributed by atoms with Crippen LogP contribution in [0.1, 0.15) is 38.7 Å². The van der Waals surface area contributed by atoms with E-state index in [0.717, 1.165) is 19.3 Å². The predicted molar refractivity (Wildman–Crippen MR) is 106 cm³/mol. The Kier molecular flexibility index (Phi) is 5.74. The smallest absolute Gasteiger partial charge is 0.198 e. The predicted octanol–water partition coefficient (Wildman–Crippen LogP) is 5.89. The molecule has 0 saturated carbocycles. The highest BCUT2D eigenvalue weighted by Gasteiger charge is 2.10. The number of nitrogens with one attached hydrogen (secondary N) is 2. The average molecular weight is 371 g/mol. The molecule has 6 heteroatoms. The second kappa shape index (κ2) is 8.20. The molecule has 0 bridgehead atoms. The number of fused-ring (bicyclic) bond motifs is 1. The van der Waals surface area contributed by atoms with Crippen molar-refractivity contribution in [3.8, 4) is 5.88 Å². The number of unbranched alkanes of at least 4 members (excludes halogenated alkanes) is 1. The Balaban J connectivity index is 1.78. The number of nitrogens with zero attached hydrogens (tertiary/aromatic N) is 1. The van der Waals surface area contributed by atoms with E-state index in [4.69, 9.17) is 0 Å². The second-order valence-electron chi connectivity index (χ2n) is 6.69. The van der Waals surface area contributed by atoms with Gasteiger partial charge in [0.2, 0.25) is 0 Å². The van der Waals surface area contributed by atoms with E-state index in [1.807, 2.05) is 6.92 Å². The van der Waals surface area contributed by atoms with Crippen molar-refractivity contribution in [2.24, 2.45) is 4.99 Å². The first-order valence-corrected chi connectivity index (χ1v) is 9.08. The molecule has 3 aromatic rings. The first-order chi connectivity index (χ1) is 13.0. The number of hydrogen-bond donors (Lipinski definition) is 3. The highest BCUT2D eigenvalue weighted by molar-refractivity contribution is 6.02. The molecule has 0 saturated heterocycles. The normalized spacial score (nSPS) is 12.7. The second-order valence-corrected chi connectivity index (χ2v) is 6.69. The zero-order valence-corrected chi connectivity index (χ0v) is 15.4. The summed E-state index contributed by atoms with van der Waals surface area (Å²) >= 11 is 0. The average Bonchev–Trinajstić information content (AvgIpc) is 2.94. The molecule has 27 heavy (non-hydrogen) atoms. The van der Waals surface area contributed by atoms with Crippen molar-refractivity contribution >= 4 is 28.5 Å². The summed E-state index contributed by atoms with van der Waals surface area (Å²) in [4.78, 5) is 6.95. The Labute approximate surface area is 157 Å². The molecule has 0 spiro atoms. The number of H-pyrrole nitrogens is 1. The molecular formula is C21H23F2N3O. The lowest BCUT2D eigenvalue weighted by Crippen LogP contribution is -2.15. The third kappa shape index (κ3) is 4.45. The van der Waals surface area contributed by atoms with Crippen LogP contribution in [-0.2, 0) is 0 Å². The van der Waals surface area contributed by atoms with Gasteiger partial charge in [0.1, 0.15) is 11.6 Å². The summed E-state index contributed by atoms with van der Waals surface area (Å²) < 4.78 is 27.6. The van der Waals surface area contributed by atoms with Crippen molar-refractivity contribution in [1.29, 1.82) is 0 Å². The Hall–Kier alpha value is -2.89. The van der Waals surface area contributed by atoms with E-state index in [9.17, 15) is 13.9 Å². The van der Waals surface area contributed by atoms with Crippen LogP contribution in [0.15, 0.2) is 41.4 Å². The van der Waals surface area contributed by atoms with Gasteiger partial charge in [0, 0.05) is 23.7 Å². The lowest BCUT2D eigenvalue weighted by atomic mass is 10.1. The van der Waals surface area contributed by atoms with Crippen LogP contribution in [0.5, 0.6) is 5.88 Å². The standard InChI is InChI=1S/C21H23F2N3O/c1-3-4-5-13(2)25-19-9-7-15(11-18(19)23)24-12-17-16-8-6-14(22)10-20(16)26-21(17)27/h6-13,25-27H,3-5H2,1-2H3. The third-order valence-corrected chi connectivity index (χ3v) is 4.47. The van der Waals surface area contributed by atoms with E-state index in [2.05, 4.69) is 22.2 Å². The SMILES string of the molecule is CCCCC(C)Nc1ccc(N=Cc2c(O)[nH]c3cc(F)ccc23)cc1F. The Bertz CT molecular complexity index is 965. The molecule has 0 aliphatic heterocycles. The Morgan fingerprint density at radius 1 is 1.22 bits per heavy atom. The molecule has 1 heterocycles. The van der Waals surface area contributed by atoms with E-state index in [1.54, 1.807) is 18.2 Å². The summed E-state index contributed by atoms with van der Waals surface area (Å²) in [6, 6.07) is 9.08. The summed E-state index contributed by atoms with van der Waals surface area (Å²) in [5.41, 5.74) is 1.78. The van der Waals surface area contributed by atoms with Gasteiger partial charge in [-0.2, -0.15) is 0 Å². The maximum absolute atomic E-state index is 14.3. The van der Waals surface area contributed by atoms with Crippen LogP contribution in [0, 0.1) is 11.6 Å². The van der Waals surface area contributed by atoms with Gasteiger partial charge in [-0.05, 0) is 43.7 Å². The largest absolute Gasteiger partial charge is 0.494 e. The fraction of sp³-hybridized carbons (Fsp3) is 0.286. The van der Waals surface area contributed by atoms with Gasteiger partial charge in [-0.1, -0.05) is 19.8 Å². The quantitative estimate of drug-likeness (QED) is 0.453. The molecule has 2 aromatic carbocycles. The molecule has 142 valence electrons. The van der Waals surface area contributed by atoms with Gasteiger partial charge in [-0.15, -0.1) is 0 Å². The fourth-order valence-corrected chi connectivity index (χ4v) is 3.00. The van der Waals surface area contributed by atoms with Gasteiger partial charge >= 0.3 is 0 Å². The number of benzene rings is 2. The zero-order valence-electron chi connectivity index (χ0n) is 15.4. The fourth-order valence-electron chi connectivity index (χ4n) is 3.00. The van der Waals surface area contributed by atoms with Crippen LogP contribution in [0.2, 0.25) is 0 Å². The number of hydrogen-bond acceptors (Lipinski definition) is 3. The summed E-state index contributed by atoms with van der Waals surface area (Å²) in [5.74, 6) is -0.883. The van der Waals surface area contributed by atoms with Crippen LogP contribution < -0.4 is 5.32 Å². The van der Waals surface area contributed by atoms with E-state index in [0.29, 0.717) is 27.8 Å². The number of rotatable bonds is 7. The monoisotopic (exact) mass is 371 g/mol. The molecule has 0 aliphatic carbocycles. The molecular weight excluding hydrogens is 348 g/mol. The van der Waals surface area contributed by atoms with Crippen molar-refractivity contribution in [3.63, 3.8) is 0 Å². The van der Waals surface area contributed by atoms with Crippen LogP contribution in [0.3, 0.4) is 0 Å². The molecule has 1 aromatic heterocycles. The van der Waals surface area contributed by atoms with Crippen LogP contribution in [0.4, 0.5) is 20.2 Å². The summed E-state index contributed by atoms with van der Waals surface area (Å²) in [6.07, 6.45) is 4.62. The van der Waals surface area contributed by atoms with E-state index in [1.165, 1.54) is 24.4 Å². The van der Waals surface area contributed by atoms with Gasteiger partial charge in [0.05, 0.1) is 22.5 Å². The van der Waals surface area contributed by atoms with E-state index < -0.39 is 5.82 Å².